The van der Waals surface area contributed by atoms with Crippen LogP contribution in [0, 0.1) is 11.8 Å². The van der Waals surface area contributed by atoms with E-state index in [4.69, 9.17) is 14.5 Å². The molecule has 6 aromatic rings. The number of carbonyl (C=O) groups excluding carboxylic acids is 3. The maximum Gasteiger partial charge on any atom is 0.407 e. The fourth-order valence-electron chi connectivity index (χ4n) is 8.60. The highest BCUT2D eigenvalue weighted by molar-refractivity contribution is 7.27. The van der Waals surface area contributed by atoms with E-state index in [2.05, 4.69) is 66.8 Å². The van der Waals surface area contributed by atoms with E-state index in [1.54, 1.807) is 29.8 Å². The zero-order chi connectivity index (χ0) is 40.8. The van der Waals surface area contributed by atoms with Crippen molar-refractivity contribution in [2.75, 3.05) is 27.3 Å². The van der Waals surface area contributed by atoms with Gasteiger partial charge in [0.2, 0.25) is 11.8 Å². The van der Waals surface area contributed by atoms with E-state index in [9.17, 15) is 14.4 Å². The highest BCUT2D eigenvalue weighted by Gasteiger charge is 2.42. The minimum absolute atomic E-state index is 0.0266. The van der Waals surface area contributed by atoms with Gasteiger partial charge >= 0.3 is 6.09 Å². The van der Waals surface area contributed by atoms with E-state index in [0.29, 0.717) is 19.0 Å². The van der Waals surface area contributed by atoms with Gasteiger partial charge in [-0.05, 0) is 62.3 Å². The van der Waals surface area contributed by atoms with Crippen molar-refractivity contribution in [3.05, 3.63) is 77.3 Å². The van der Waals surface area contributed by atoms with Crippen molar-refractivity contribution < 1.29 is 28.4 Å². The second kappa shape index (κ2) is 16.1. The van der Waals surface area contributed by atoms with E-state index < -0.39 is 18.2 Å². The number of nitrogens with zero attached hydrogens (tertiary/aromatic N) is 4. The van der Waals surface area contributed by atoms with Gasteiger partial charge in [0.05, 0.1) is 40.7 Å². The molecule has 2 aliphatic rings. The minimum atomic E-state index is -0.705. The summed E-state index contributed by atoms with van der Waals surface area (Å²) in [7, 11) is 2.86. The number of methoxy groups -OCH3 is 2. The van der Waals surface area contributed by atoms with Gasteiger partial charge in [0, 0.05) is 35.0 Å². The SMILES string of the molecule is C=C(N[C@H](C(=O)N1CCCC1c1[nH]c2ccccc2[n+]1-c1csc2c(-c3cccc4[nH]c(C5CCCN5C(=O)[C@@H](NC(=O)OC)C(C)C)nc34)csc12)C(C)C)OC. The van der Waals surface area contributed by atoms with Crippen LogP contribution in [0.5, 0.6) is 0 Å². The number of hydrogen-bond donors (Lipinski definition) is 4. The zero-order valence-corrected chi connectivity index (χ0v) is 35.4. The summed E-state index contributed by atoms with van der Waals surface area (Å²) >= 11 is 3.42. The number of fused-ring (bicyclic) bond motifs is 3. The summed E-state index contributed by atoms with van der Waals surface area (Å²) in [6.07, 6.45) is 2.72. The van der Waals surface area contributed by atoms with Gasteiger partial charge in [-0.1, -0.05) is 52.0 Å². The predicted octanol–water partition coefficient (Wildman–Crippen LogP) is 7.70. The molecule has 4 atom stereocenters. The van der Waals surface area contributed by atoms with Gasteiger partial charge in [-0.15, -0.1) is 22.7 Å². The number of ether oxygens (including phenoxy) is 2. The lowest BCUT2D eigenvalue weighted by atomic mass is 10.0. The van der Waals surface area contributed by atoms with Crippen LogP contribution in [0.1, 0.15) is 77.1 Å². The number of para-hydroxylation sites is 3. The molecule has 58 heavy (non-hydrogen) atoms. The molecule has 4 aromatic heterocycles. The third-order valence-electron chi connectivity index (χ3n) is 11.6. The standard InChI is InChI=1S/C43H50N8O5S2/c1-23(2)34(44-25(5)55-6)41(52)50-20-12-18-32(50)40-46-28-14-8-9-16-30(28)51(40)33-22-58-37-27(21-57-38(33)37)26-13-10-15-29-36(26)47-39(45-29)31-17-11-19-49(31)42(53)35(24(3)4)48-43(54)56-7/h8-10,13-16,21-24,31-32,34-35,44H,5,11-12,17-20H2,1-4,6-7H3,(H2,45,47,48,54)/p+1/t31?,32?,34-,35-/m0/s1. The Labute approximate surface area is 345 Å². The quantitative estimate of drug-likeness (QED) is 0.0731. The summed E-state index contributed by atoms with van der Waals surface area (Å²) in [4.78, 5) is 56.6. The highest BCUT2D eigenvalue weighted by atomic mass is 32.1. The fourth-order valence-corrected chi connectivity index (χ4v) is 11.0. The number of hydrogen-bond acceptors (Lipinski definition) is 9. The van der Waals surface area contributed by atoms with Gasteiger partial charge in [-0.2, -0.15) is 4.57 Å². The summed E-state index contributed by atoms with van der Waals surface area (Å²) in [5, 5.41) is 10.4. The molecule has 8 rings (SSSR count). The number of nitrogens with one attached hydrogen (secondary N) is 4. The van der Waals surface area contributed by atoms with Crippen LogP contribution >= 0.6 is 22.7 Å². The number of benzene rings is 2. The van der Waals surface area contributed by atoms with Crippen molar-refractivity contribution in [3.8, 4) is 16.8 Å². The number of amides is 3. The number of likely N-dealkylation sites (tertiary alicyclic amines) is 2. The van der Waals surface area contributed by atoms with Crippen molar-refractivity contribution in [1.82, 2.24) is 35.4 Å². The molecule has 0 bridgehead atoms. The predicted molar refractivity (Wildman–Crippen MR) is 228 cm³/mol. The van der Waals surface area contributed by atoms with Crippen molar-refractivity contribution in [2.45, 2.75) is 77.5 Å². The molecule has 13 nitrogen and oxygen atoms in total. The lowest BCUT2D eigenvalue weighted by Gasteiger charge is -2.30. The maximum absolute atomic E-state index is 14.3. The molecular weight excluding hydrogens is 773 g/mol. The Bertz CT molecular complexity index is 2510. The van der Waals surface area contributed by atoms with E-state index in [0.717, 1.165) is 85.6 Å². The molecule has 4 N–H and O–H groups in total. The van der Waals surface area contributed by atoms with Crippen LogP contribution in [0.4, 0.5) is 4.79 Å². The molecule has 2 saturated heterocycles. The van der Waals surface area contributed by atoms with E-state index >= 15 is 0 Å². The summed E-state index contributed by atoms with van der Waals surface area (Å²) in [6.45, 7) is 13.1. The summed E-state index contributed by atoms with van der Waals surface area (Å²) in [5.41, 5.74) is 7.00. The minimum Gasteiger partial charge on any atom is -0.483 e. The van der Waals surface area contributed by atoms with Crippen LogP contribution in [0.15, 0.2) is 65.7 Å². The summed E-state index contributed by atoms with van der Waals surface area (Å²) < 4.78 is 14.8. The van der Waals surface area contributed by atoms with Gasteiger partial charge < -0.3 is 34.9 Å². The lowest BCUT2D eigenvalue weighted by molar-refractivity contribution is -0.577. The number of aromatic nitrogens is 4. The first-order valence-electron chi connectivity index (χ1n) is 20.0. The number of alkyl carbamates (subject to hydrolysis) is 1. The van der Waals surface area contributed by atoms with Crippen molar-refractivity contribution in [3.63, 3.8) is 0 Å². The van der Waals surface area contributed by atoms with Crippen LogP contribution in [0.25, 0.3) is 48.3 Å². The smallest absolute Gasteiger partial charge is 0.407 e. The molecule has 0 radical (unpaired) electrons. The molecule has 0 saturated carbocycles. The van der Waals surface area contributed by atoms with Gasteiger partial charge in [0.1, 0.15) is 23.9 Å². The van der Waals surface area contributed by atoms with Crippen molar-refractivity contribution in [1.29, 1.82) is 0 Å². The number of aromatic amines is 2. The lowest BCUT2D eigenvalue weighted by Crippen LogP contribution is -2.51. The molecule has 2 aliphatic heterocycles. The van der Waals surface area contributed by atoms with Gasteiger partial charge in [-0.3, -0.25) is 9.59 Å². The van der Waals surface area contributed by atoms with E-state index in [1.165, 1.54) is 7.11 Å². The molecule has 15 heteroatoms. The molecule has 2 unspecified atom stereocenters. The molecule has 3 amide bonds. The average molecular weight is 824 g/mol. The van der Waals surface area contributed by atoms with Crippen LogP contribution < -0.4 is 15.2 Å². The van der Waals surface area contributed by atoms with E-state index in [1.807, 2.05) is 55.7 Å². The Morgan fingerprint density at radius 3 is 2.17 bits per heavy atom. The molecule has 0 spiro atoms. The zero-order valence-electron chi connectivity index (χ0n) is 33.8. The summed E-state index contributed by atoms with van der Waals surface area (Å²) in [5.74, 6) is 1.89. The van der Waals surface area contributed by atoms with Gasteiger partial charge in [-0.25, -0.2) is 14.8 Å². The second-order valence-corrected chi connectivity index (χ2v) is 17.6. The highest BCUT2D eigenvalue weighted by Crippen LogP contribution is 2.44. The molecular formula is C43H51N8O5S2+. The Morgan fingerprint density at radius 2 is 1.47 bits per heavy atom. The first kappa shape index (κ1) is 39.4. The van der Waals surface area contributed by atoms with Crippen LogP contribution in [0.2, 0.25) is 0 Å². The Kier molecular flexibility index (Phi) is 10.9. The number of rotatable bonds is 12. The Morgan fingerprint density at radius 1 is 0.810 bits per heavy atom. The van der Waals surface area contributed by atoms with Crippen LogP contribution in [0.3, 0.4) is 0 Å². The third kappa shape index (κ3) is 6.97. The van der Waals surface area contributed by atoms with Gasteiger partial charge in [0.15, 0.2) is 22.6 Å². The maximum atomic E-state index is 14.3. The molecule has 2 fully saturated rings. The number of H-pyrrole nitrogens is 2. The second-order valence-electron chi connectivity index (χ2n) is 15.8. The largest absolute Gasteiger partial charge is 0.483 e. The number of thiophene rings is 2. The molecule has 2 aromatic carbocycles. The molecule has 0 aliphatic carbocycles. The average Bonchev–Trinajstić information content (AvgIpc) is 4.07. The third-order valence-corrected chi connectivity index (χ3v) is 13.7. The molecule has 6 heterocycles. The first-order chi connectivity index (χ1) is 28.0. The van der Waals surface area contributed by atoms with E-state index in [-0.39, 0.29) is 35.7 Å². The van der Waals surface area contributed by atoms with Crippen molar-refractivity contribution in [2.24, 2.45) is 11.8 Å². The van der Waals surface area contributed by atoms with Gasteiger partial charge in [0.25, 0.3) is 5.82 Å². The topological polar surface area (TPSA) is 149 Å². The Balaban J connectivity index is 1.15. The summed E-state index contributed by atoms with van der Waals surface area (Å²) in [6, 6.07) is 12.9. The number of carbonyl (C=O) groups is 3. The fraction of sp³-hybridized carbons (Fsp3) is 0.419. The molecule has 304 valence electrons. The Hall–Kier alpha value is -5.41. The van der Waals surface area contributed by atoms with Crippen molar-refractivity contribution >= 4 is 72.0 Å². The van der Waals surface area contributed by atoms with Crippen LogP contribution in [-0.4, -0.2) is 82.1 Å². The number of imidazole rings is 2. The first-order valence-corrected chi connectivity index (χ1v) is 21.7. The normalized spacial score (nSPS) is 18.1. The van der Waals surface area contributed by atoms with Crippen LogP contribution in [-0.2, 0) is 19.1 Å². The monoisotopic (exact) mass is 823 g/mol.